The monoisotopic (exact) mass is 215 g/mol. The molecule has 0 heterocycles. The van der Waals surface area contributed by atoms with E-state index in [1.807, 2.05) is 0 Å². The van der Waals surface area contributed by atoms with Crippen LogP contribution in [0.3, 0.4) is 0 Å². The van der Waals surface area contributed by atoms with E-state index >= 15 is 0 Å². The topological polar surface area (TPSA) is 3.24 Å². The molecule has 14 heavy (non-hydrogen) atoms. The first kappa shape index (κ1) is 14.1. The third-order valence-electron chi connectivity index (χ3n) is 2.33. The van der Waals surface area contributed by atoms with Gasteiger partial charge in [-0.1, -0.05) is 38.8 Å². The molecule has 0 spiro atoms. The normalized spacial score (nSPS) is 10.9. The molecule has 0 aromatic carbocycles. The molecule has 0 aromatic heterocycles. The molecule has 0 atom stereocenters. The van der Waals surface area contributed by atoms with Gasteiger partial charge in [-0.15, -0.1) is 0 Å². The Labute approximate surface area is 95.0 Å². The van der Waals surface area contributed by atoms with Crippen LogP contribution < -0.4 is 0 Å². The molecule has 84 valence electrons. The average Bonchev–Trinajstić information content (AvgIpc) is 2.21. The third kappa shape index (κ3) is 7.45. The van der Waals surface area contributed by atoms with E-state index in [0.29, 0.717) is 0 Å². The van der Waals surface area contributed by atoms with Gasteiger partial charge in [0.25, 0.3) is 0 Å². The molecule has 0 rings (SSSR count). The van der Waals surface area contributed by atoms with Crippen molar-refractivity contribution < 1.29 is 0 Å². The van der Waals surface area contributed by atoms with Crippen molar-refractivity contribution in [3.05, 3.63) is 12.2 Å². The minimum absolute atomic E-state index is 0.814. The number of rotatable bonds is 9. The quantitative estimate of drug-likeness (QED) is 0.456. The SMILES string of the molecule is C=C(CS)CN(CCCC)CCCC. The van der Waals surface area contributed by atoms with Gasteiger partial charge in [-0.3, -0.25) is 4.90 Å². The van der Waals surface area contributed by atoms with Crippen LogP contribution in [0.25, 0.3) is 0 Å². The number of hydrogen-bond acceptors (Lipinski definition) is 2. The molecule has 0 radical (unpaired) electrons. The van der Waals surface area contributed by atoms with Crippen LogP contribution in [-0.2, 0) is 0 Å². The van der Waals surface area contributed by atoms with Crippen molar-refractivity contribution in [2.24, 2.45) is 0 Å². The van der Waals surface area contributed by atoms with E-state index in [0.717, 1.165) is 12.3 Å². The fraction of sp³-hybridized carbons (Fsp3) is 0.833. The van der Waals surface area contributed by atoms with E-state index in [1.165, 1.54) is 44.3 Å². The second-order valence-corrected chi connectivity index (χ2v) is 4.21. The smallest absolute Gasteiger partial charge is 0.0198 e. The van der Waals surface area contributed by atoms with Crippen LogP contribution in [0.1, 0.15) is 39.5 Å². The zero-order chi connectivity index (χ0) is 10.8. The molecule has 1 nitrogen and oxygen atoms in total. The molecular formula is C12H25NS. The lowest BCUT2D eigenvalue weighted by Crippen LogP contribution is -2.28. The first-order valence-corrected chi connectivity index (χ1v) is 6.37. The number of thiol groups is 1. The van der Waals surface area contributed by atoms with Gasteiger partial charge < -0.3 is 0 Å². The fourth-order valence-corrected chi connectivity index (χ4v) is 1.50. The summed E-state index contributed by atoms with van der Waals surface area (Å²) in [5, 5.41) is 0. The summed E-state index contributed by atoms with van der Waals surface area (Å²) in [4.78, 5) is 2.51. The minimum atomic E-state index is 0.814. The number of unbranched alkanes of at least 4 members (excludes halogenated alkanes) is 2. The molecule has 0 aliphatic heterocycles. The molecular weight excluding hydrogens is 190 g/mol. The van der Waals surface area contributed by atoms with E-state index in [4.69, 9.17) is 0 Å². The summed E-state index contributed by atoms with van der Waals surface area (Å²) in [6.45, 7) is 11.9. The van der Waals surface area contributed by atoms with E-state index in [2.05, 4.69) is 38.0 Å². The zero-order valence-electron chi connectivity index (χ0n) is 9.76. The van der Waals surface area contributed by atoms with Crippen LogP contribution in [0, 0.1) is 0 Å². The van der Waals surface area contributed by atoms with Crippen LogP contribution in [-0.4, -0.2) is 30.3 Å². The Bertz CT molecular complexity index is 137. The predicted octanol–water partition coefficient (Wildman–Crippen LogP) is 3.37. The first-order chi connectivity index (χ1) is 6.74. The van der Waals surface area contributed by atoms with Gasteiger partial charge >= 0.3 is 0 Å². The summed E-state index contributed by atoms with van der Waals surface area (Å²) in [7, 11) is 0. The Morgan fingerprint density at radius 2 is 1.64 bits per heavy atom. The maximum Gasteiger partial charge on any atom is 0.0198 e. The highest BCUT2D eigenvalue weighted by Crippen LogP contribution is 2.03. The molecule has 0 aliphatic carbocycles. The highest BCUT2D eigenvalue weighted by molar-refractivity contribution is 7.80. The molecule has 0 N–H and O–H groups in total. The Morgan fingerprint density at radius 3 is 2.00 bits per heavy atom. The standard InChI is InChI=1S/C12H25NS/c1-4-6-8-13(9-7-5-2)10-12(3)11-14/h14H,3-11H2,1-2H3. The van der Waals surface area contributed by atoms with E-state index in [9.17, 15) is 0 Å². The van der Waals surface area contributed by atoms with Crippen molar-refractivity contribution in [2.75, 3.05) is 25.4 Å². The molecule has 0 aliphatic rings. The van der Waals surface area contributed by atoms with Gasteiger partial charge in [0.05, 0.1) is 0 Å². The van der Waals surface area contributed by atoms with Gasteiger partial charge in [-0.2, -0.15) is 12.6 Å². The van der Waals surface area contributed by atoms with Crippen molar-refractivity contribution in [1.82, 2.24) is 4.90 Å². The second-order valence-electron chi connectivity index (χ2n) is 3.89. The van der Waals surface area contributed by atoms with Crippen LogP contribution in [0.5, 0.6) is 0 Å². The Hall–Kier alpha value is 0.0500. The molecule has 0 aromatic rings. The van der Waals surface area contributed by atoms with Gasteiger partial charge in [-0.05, 0) is 25.9 Å². The minimum Gasteiger partial charge on any atom is -0.299 e. The van der Waals surface area contributed by atoms with Gasteiger partial charge in [0, 0.05) is 12.3 Å². The first-order valence-electron chi connectivity index (χ1n) is 5.74. The third-order valence-corrected chi connectivity index (χ3v) is 2.77. The molecule has 0 saturated carbocycles. The zero-order valence-corrected chi connectivity index (χ0v) is 10.7. The largest absolute Gasteiger partial charge is 0.299 e. The maximum atomic E-state index is 4.25. The Kier molecular flexibility index (Phi) is 9.63. The van der Waals surface area contributed by atoms with Crippen molar-refractivity contribution in [3.63, 3.8) is 0 Å². The van der Waals surface area contributed by atoms with Crippen LogP contribution >= 0.6 is 12.6 Å². The summed E-state index contributed by atoms with van der Waals surface area (Å²) in [5.74, 6) is 0.814. The molecule has 2 heteroatoms. The summed E-state index contributed by atoms with van der Waals surface area (Å²) in [6.07, 6.45) is 5.14. The number of nitrogens with zero attached hydrogens (tertiary/aromatic N) is 1. The fourth-order valence-electron chi connectivity index (χ4n) is 1.40. The average molecular weight is 215 g/mol. The van der Waals surface area contributed by atoms with Crippen LogP contribution in [0.4, 0.5) is 0 Å². The molecule has 0 amide bonds. The predicted molar refractivity (Wildman–Crippen MR) is 69.2 cm³/mol. The van der Waals surface area contributed by atoms with Gasteiger partial charge in [0.15, 0.2) is 0 Å². The molecule has 0 unspecified atom stereocenters. The molecule has 0 saturated heterocycles. The highest BCUT2D eigenvalue weighted by Gasteiger charge is 2.04. The van der Waals surface area contributed by atoms with Crippen molar-refractivity contribution in [1.29, 1.82) is 0 Å². The van der Waals surface area contributed by atoms with Gasteiger partial charge in [-0.25, -0.2) is 0 Å². The summed E-state index contributed by atoms with van der Waals surface area (Å²) in [5.41, 5.74) is 1.24. The lowest BCUT2D eigenvalue weighted by Gasteiger charge is -2.22. The van der Waals surface area contributed by atoms with E-state index in [1.54, 1.807) is 0 Å². The molecule has 0 bridgehead atoms. The van der Waals surface area contributed by atoms with Crippen molar-refractivity contribution in [3.8, 4) is 0 Å². The maximum absolute atomic E-state index is 4.25. The lowest BCUT2D eigenvalue weighted by atomic mass is 10.2. The van der Waals surface area contributed by atoms with E-state index < -0.39 is 0 Å². The van der Waals surface area contributed by atoms with Crippen molar-refractivity contribution in [2.45, 2.75) is 39.5 Å². The Morgan fingerprint density at radius 1 is 1.14 bits per heavy atom. The molecule has 0 fully saturated rings. The highest BCUT2D eigenvalue weighted by atomic mass is 32.1. The summed E-state index contributed by atoms with van der Waals surface area (Å²) >= 11 is 4.25. The van der Waals surface area contributed by atoms with Crippen molar-refractivity contribution >= 4 is 12.6 Å². The van der Waals surface area contributed by atoms with E-state index in [-0.39, 0.29) is 0 Å². The summed E-state index contributed by atoms with van der Waals surface area (Å²) in [6, 6.07) is 0. The van der Waals surface area contributed by atoms with Crippen LogP contribution in [0.15, 0.2) is 12.2 Å². The van der Waals surface area contributed by atoms with Gasteiger partial charge in [0.1, 0.15) is 0 Å². The second kappa shape index (κ2) is 9.60. The van der Waals surface area contributed by atoms with Gasteiger partial charge in [0.2, 0.25) is 0 Å². The Balaban J connectivity index is 3.77. The van der Waals surface area contributed by atoms with Crippen LogP contribution in [0.2, 0.25) is 0 Å². The lowest BCUT2D eigenvalue weighted by molar-refractivity contribution is 0.287. The number of hydrogen-bond donors (Lipinski definition) is 1. The summed E-state index contributed by atoms with van der Waals surface area (Å²) < 4.78 is 0.